The van der Waals surface area contributed by atoms with Gasteiger partial charge in [0, 0.05) is 12.1 Å². The second-order valence-corrected chi connectivity index (χ2v) is 8.32. The Bertz CT molecular complexity index is 1110. The molecule has 0 spiro atoms. The van der Waals surface area contributed by atoms with E-state index in [1.54, 1.807) is 17.0 Å². The van der Waals surface area contributed by atoms with Gasteiger partial charge in [-0.25, -0.2) is 9.37 Å². The summed E-state index contributed by atoms with van der Waals surface area (Å²) in [5.41, 5.74) is 1.23. The third-order valence-corrected chi connectivity index (χ3v) is 5.72. The molecule has 1 saturated heterocycles. The van der Waals surface area contributed by atoms with Crippen LogP contribution in [0.2, 0.25) is 0 Å². The highest BCUT2D eigenvalue weighted by atomic mass is 19.1. The quantitative estimate of drug-likeness (QED) is 0.704. The molecule has 1 unspecified atom stereocenters. The van der Waals surface area contributed by atoms with Crippen LogP contribution >= 0.6 is 0 Å². The number of nitrogens with one attached hydrogen (secondary N) is 1. The van der Waals surface area contributed by atoms with Crippen LogP contribution in [0, 0.1) is 12.7 Å². The Balaban J connectivity index is 1.43. The van der Waals surface area contributed by atoms with E-state index in [4.69, 9.17) is 9.15 Å². The van der Waals surface area contributed by atoms with Gasteiger partial charge in [-0.1, -0.05) is 12.1 Å². The number of nitrogens with zero attached hydrogens (tertiary/aromatic N) is 3. The molecule has 2 aromatic heterocycles. The molecule has 156 valence electrons. The first kappa shape index (κ1) is 19.0. The van der Waals surface area contributed by atoms with Crippen molar-refractivity contribution in [3.05, 3.63) is 53.3 Å². The summed E-state index contributed by atoms with van der Waals surface area (Å²) < 4.78 is 24.7. The van der Waals surface area contributed by atoms with Crippen molar-refractivity contribution >= 4 is 22.8 Å². The Morgan fingerprint density at radius 3 is 2.77 bits per heavy atom. The number of halogens is 1. The monoisotopic (exact) mass is 410 g/mol. The van der Waals surface area contributed by atoms with Gasteiger partial charge in [0.2, 0.25) is 11.5 Å². The number of hydrogen-bond donors (Lipinski definition) is 1. The summed E-state index contributed by atoms with van der Waals surface area (Å²) in [5, 5.41) is 4.23. The smallest absolute Gasteiger partial charge is 0.292 e. The summed E-state index contributed by atoms with van der Waals surface area (Å²) in [6, 6.07) is 8.04. The standard InChI is InChI=1S/C22H23FN4O3/c1-13-11-16-18(26-22(2)7-8-22)24-19(25-20(16)30-13)21(28)27-9-10-29-17(12-27)14-3-5-15(23)6-4-14/h3-6,11,17H,7-10,12H2,1-2H3,(H,24,25,26). The minimum absolute atomic E-state index is 0.000577. The fraction of sp³-hybridized carbons (Fsp3) is 0.409. The average Bonchev–Trinajstić information content (AvgIpc) is 3.33. The zero-order valence-corrected chi connectivity index (χ0v) is 16.9. The third-order valence-electron chi connectivity index (χ3n) is 5.72. The van der Waals surface area contributed by atoms with Crippen LogP contribution in [0.3, 0.4) is 0 Å². The van der Waals surface area contributed by atoms with Gasteiger partial charge in [0.15, 0.2) is 0 Å². The first-order valence-corrected chi connectivity index (χ1v) is 10.1. The maximum absolute atomic E-state index is 13.2. The van der Waals surface area contributed by atoms with Crippen LogP contribution in [0.15, 0.2) is 34.7 Å². The molecule has 1 amide bonds. The van der Waals surface area contributed by atoms with Crippen molar-refractivity contribution in [3.63, 3.8) is 0 Å². The summed E-state index contributed by atoms with van der Waals surface area (Å²) in [7, 11) is 0. The number of aryl methyl sites for hydroxylation is 1. The normalized spacial score (nSPS) is 20.4. The summed E-state index contributed by atoms with van der Waals surface area (Å²) in [6.45, 7) is 5.16. The van der Waals surface area contributed by atoms with Crippen LogP contribution in [0.5, 0.6) is 0 Å². The van der Waals surface area contributed by atoms with Gasteiger partial charge in [0.05, 0.1) is 18.5 Å². The molecule has 1 aromatic carbocycles. The van der Waals surface area contributed by atoms with Crippen molar-refractivity contribution in [3.8, 4) is 0 Å². The molecule has 1 aliphatic carbocycles. The molecule has 30 heavy (non-hydrogen) atoms. The summed E-state index contributed by atoms with van der Waals surface area (Å²) in [6.07, 6.45) is 1.80. The molecule has 3 heterocycles. The molecule has 0 bridgehead atoms. The van der Waals surface area contributed by atoms with Crippen molar-refractivity contribution in [1.82, 2.24) is 14.9 Å². The van der Waals surface area contributed by atoms with E-state index in [9.17, 15) is 9.18 Å². The maximum Gasteiger partial charge on any atom is 0.292 e. The van der Waals surface area contributed by atoms with Gasteiger partial charge in [-0.05, 0) is 50.5 Å². The third kappa shape index (κ3) is 3.63. The Morgan fingerprint density at radius 1 is 1.27 bits per heavy atom. The molecule has 1 aliphatic heterocycles. The highest BCUT2D eigenvalue weighted by Crippen LogP contribution is 2.39. The lowest BCUT2D eigenvalue weighted by Gasteiger charge is -2.32. The van der Waals surface area contributed by atoms with E-state index in [-0.39, 0.29) is 29.2 Å². The van der Waals surface area contributed by atoms with Crippen molar-refractivity contribution in [2.24, 2.45) is 0 Å². The molecule has 1 saturated carbocycles. The molecule has 0 radical (unpaired) electrons. The van der Waals surface area contributed by atoms with Crippen molar-refractivity contribution in [2.75, 3.05) is 25.0 Å². The van der Waals surface area contributed by atoms with E-state index in [2.05, 4.69) is 22.2 Å². The number of fused-ring (bicyclic) bond motifs is 1. The number of anilines is 1. The van der Waals surface area contributed by atoms with E-state index in [0.717, 1.165) is 29.6 Å². The summed E-state index contributed by atoms with van der Waals surface area (Å²) in [5.74, 6) is 0.871. The lowest BCUT2D eigenvalue weighted by atomic mass is 10.1. The molecular weight excluding hydrogens is 387 g/mol. The fourth-order valence-electron chi connectivity index (χ4n) is 3.69. The molecule has 3 aromatic rings. The predicted molar refractivity (Wildman–Crippen MR) is 109 cm³/mol. The van der Waals surface area contributed by atoms with Crippen LogP contribution in [0.4, 0.5) is 10.2 Å². The highest BCUT2D eigenvalue weighted by molar-refractivity contribution is 5.95. The topological polar surface area (TPSA) is 80.5 Å². The Labute approximate surface area is 173 Å². The molecule has 1 N–H and O–H groups in total. The largest absolute Gasteiger partial charge is 0.443 e. The predicted octanol–water partition coefficient (Wildman–Crippen LogP) is 3.85. The second-order valence-electron chi connectivity index (χ2n) is 8.32. The first-order chi connectivity index (χ1) is 14.4. The number of ether oxygens (including phenoxy) is 1. The SMILES string of the molecule is Cc1cc2c(NC3(C)CC3)nc(C(=O)N3CCOC(c4ccc(F)cc4)C3)nc2o1. The Kier molecular flexibility index (Phi) is 4.47. The molecular formula is C22H23FN4O3. The lowest BCUT2D eigenvalue weighted by molar-refractivity contribution is -0.0232. The summed E-state index contributed by atoms with van der Waals surface area (Å²) >= 11 is 0. The number of amides is 1. The van der Waals surface area contributed by atoms with E-state index < -0.39 is 0 Å². The second kappa shape index (κ2) is 7.05. The zero-order chi connectivity index (χ0) is 20.9. The van der Waals surface area contributed by atoms with Gasteiger partial charge >= 0.3 is 0 Å². The number of rotatable bonds is 4. The number of benzene rings is 1. The minimum Gasteiger partial charge on any atom is -0.443 e. The zero-order valence-electron chi connectivity index (χ0n) is 16.9. The fourth-order valence-corrected chi connectivity index (χ4v) is 3.69. The lowest BCUT2D eigenvalue weighted by Crippen LogP contribution is -2.43. The van der Waals surface area contributed by atoms with Gasteiger partial charge in [0.1, 0.15) is 23.5 Å². The molecule has 2 fully saturated rings. The van der Waals surface area contributed by atoms with E-state index in [1.807, 2.05) is 13.0 Å². The van der Waals surface area contributed by atoms with E-state index in [0.29, 0.717) is 31.2 Å². The molecule has 1 atom stereocenters. The van der Waals surface area contributed by atoms with E-state index in [1.165, 1.54) is 12.1 Å². The van der Waals surface area contributed by atoms with Gasteiger partial charge in [-0.15, -0.1) is 0 Å². The number of carbonyl (C=O) groups excluding carboxylic acids is 1. The first-order valence-electron chi connectivity index (χ1n) is 10.1. The Morgan fingerprint density at radius 2 is 2.03 bits per heavy atom. The minimum atomic E-state index is -0.319. The Hall–Kier alpha value is -3.00. The van der Waals surface area contributed by atoms with Crippen LogP contribution in [0.25, 0.3) is 11.1 Å². The van der Waals surface area contributed by atoms with Crippen LogP contribution in [0.1, 0.15) is 47.8 Å². The van der Waals surface area contributed by atoms with Gasteiger partial charge in [0.25, 0.3) is 5.91 Å². The number of aromatic nitrogens is 2. The van der Waals surface area contributed by atoms with Crippen molar-refractivity contribution < 1.29 is 18.3 Å². The highest BCUT2D eigenvalue weighted by Gasteiger charge is 2.38. The van der Waals surface area contributed by atoms with Crippen LogP contribution in [-0.4, -0.2) is 46.0 Å². The summed E-state index contributed by atoms with van der Waals surface area (Å²) in [4.78, 5) is 23.9. The number of furan rings is 1. The van der Waals surface area contributed by atoms with Gasteiger partial charge in [-0.2, -0.15) is 4.98 Å². The molecule has 5 rings (SSSR count). The van der Waals surface area contributed by atoms with Gasteiger partial charge < -0.3 is 19.4 Å². The van der Waals surface area contributed by atoms with Crippen LogP contribution < -0.4 is 5.32 Å². The number of carbonyl (C=O) groups is 1. The number of morpholine rings is 1. The van der Waals surface area contributed by atoms with Crippen molar-refractivity contribution in [2.45, 2.75) is 38.3 Å². The molecule has 7 nitrogen and oxygen atoms in total. The van der Waals surface area contributed by atoms with Crippen molar-refractivity contribution in [1.29, 1.82) is 0 Å². The number of hydrogen-bond acceptors (Lipinski definition) is 6. The van der Waals surface area contributed by atoms with E-state index >= 15 is 0 Å². The molecule has 8 heteroatoms. The average molecular weight is 410 g/mol. The molecule has 2 aliphatic rings. The maximum atomic E-state index is 13.2. The van der Waals surface area contributed by atoms with Crippen LogP contribution in [-0.2, 0) is 4.74 Å². The van der Waals surface area contributed by atoms with Gasteiger partial charge in [-0.3, -0.25) is 4.79 Å².